The molecule has 2 unspecified atom stereocenters. The lowest BCUT2D eigenvalue weighted by atomic mass is 9.92. The van der Waals surface area contributed by atoms with Crippen LogP contribution in [0.5, 0.6) is 5.75 Å². The fourth-order valence-corrected chi connectivity index (χ4v) is 2.25. The Balaban J connectivity index is 2.81. The summed E-state index contributed by atoms with van der Waals surface area (Å²) in [7, 11) is 3.45. The second-order valence-electron chi connectivity index (χ2n) is 4.42. The van der Waals surface area contributed by atoms with Crippen LogP contribution in [0.4, 0.5) is 4.39 Å². The monoisotopic (exact) mass is 239 g/mol. The second kappa shape index (κ2) is 6.60. The molecule has 0 radical (unpaired) electrons. The third-order valence-corrected chi connectivity index (χ3v) is 3.30. The van der Waals surface area contributed by atoms with Gasteiger partial charge >= 0.3 is 0 Å². The first-order valence-corrected chi connectivity index (χ1v) is 6.12. The first-order valence-electron chi connectivity index (χ1n) is 6.12. The van der Waals surface area contributed by atoms with Crippen LogP contribution in [0.25, 0.3) is 0 Å². The third-order valence-electron chi connectivity index (χ3n) is 3.30. The summed E-state index contributed by atoms with van der Waals surface area (Å²) in [6, 6.07) is 5.74. The van der Waals surface area contributed by atoms with Crippen LogP contribution in [0.2, 0.25) is 0 Å². The van der Waals surface area contributed by atoms with E-state index in [0.29, 0.717) is 17.7 Å². The van der Waals surface area contributed by atoms with Gasteiger partial charge in [0, 0.05) is 6.04 Å². The van der Waals surface area contributed by atoms with Gasteiger partial charge in [-0.3, -0.25) is 0 Å². The van der Waals surface area contributed by atoms with Crippen molar-refractivity contribution in [3.05, 3.63) is 29.6 Å². The van der Waals surface area contributed by atoms with Crippen LogP contribution >= 0.6 is 0 Å². The number of halogens is 1. The van der Waals surface area contributed by atoms with Crippen molar-refractivity contribution in [2.45, 2.75) is 32.7 Å². The molecule has 0 saturated carbocycles. The van der Waals surface area contributed by atoms with E-state index in [1.165, 1.54) is 7.11 Å². The van der Waals surface area contributed by atoms with E-state index in [0.717, 1.165) is 18.4 Å². The Morgan fingerprint density at radius 3 is 2.65 bits per heavy atom. The molecular formula is C14H22FNO. The second-order valence-corrected chi connectivity index (χ2v) is 4.42. The van der Waals surface area contributed by atoms with E-state index in [4.69, 9.17) is 4.74 Å². The van der Waals surface area contributed by atoms with Gasteiger partial charge in [-0.2, -0.15) is 0 Å². The summed E-state index contributed by atoms with van der Waals surface area (Å²) in [6.07, 6.45) is 1.77. The van der Waals surface area contributed by atoms with Gasteiger partial charge in [-0.1, -0.05) is 26.0 Å². The molecule has 1 aromatic rings. The van der Waals surface area contributed by atoms with Crippen molar-refractivity contribution in [3.8, 4) is 5.75 Å². The number of hydrogen-bond acceptors (Lipinski definition) is 2. The first kappa shape index (κ1) is 14.0. The van der Waals surface area contributed by atoms with E-state index in [-0.39, 0.29) is 5.82 Å². The fraction of sp³-hybridized carbons (Fsp3) is 0.571. The number of benzene rings is 1. The number of rotatable bonds is 6. The fourth-order valence-electron chi connectivity index (χ4n) is 2.25. The maximum absolute atomic E-state index is 14.0. The van der Waals surface area contributed by atoms with Gasteiger partial charge in [0.2, 0.25) is 0 Å². The van der Waals surface area contributed by atoms with Gasteiger partial charge in [0.1, 0.15) is 0 Å². The average molecular weight is 239 g/mol. The highest BCUT2D eigenvalue weighted by Crippen LogP contribution is 2.23. The standard InChI is InChI=1S/C14H22FNO/c1-5-12(16-3)10(2)9-11-7-6-8-13(17-4)14(11)15/h6-8,10,12,16H,5,9H2,1-4H3. The van der Waals surface area contributed by atoms with E-state index in [1.54, 1.807) is 6.07 Å². The molecule has 1 rings (SSSR count). The smallest absolute Gasteiger partial charge is 0.168 e. The normalized spacial score (nSPS) is 14.4. The van der Waals surface area contributed by atoms with Crippen LogP contribution in [0.1, 0.15) is 25.8 Å². The molecular weight excluding hydrogens is 217 g/mol. The minimum Gasteiger partial charge on any atom is -0.494 e. The average Bonchev–Trinajstić information content (AvgIpc) is 2.33. The molecule has 0 aromatic heterocycles. The molecule has 1 N–H and O–H groups in total. The van der Waals surface area contributed by atoms with Crippen LogP contribution in [-0.2, 0) is 6.42 Å². The predicted octanol–water partition coefficient (Wildman–Crippen LogP) is 3.01. The Labute approximate surface area is 103 Å². The Bertz CT molecular complexity index is 350. The molecule has 96 valence electrons. The molecule has 3 heteroatoms. The van der Waals surface area contributed by atoms with E-state index in [1.807, 2.05) is 19.2 Å². The van der Waals surface area contributed by atoms with Crippen molar-refractivity contribution >= 4 is 0 Å². The molecule has 0 aliphatic heterocycles. The number of hydrogen-bond donors (Lipinski definition) is 1. The van der Waals surface area contributed by atoms with Crippen molar-refractivity contribution in [1.29, 1.82) is 0 Å². The maximum Gasteiger partial charge on any atom is 0.168 e. The van der Waals surface area contributed by atoms with Crippen LogP contribution in [0.3, 0.4) is 0 Å². The van der Waals surface area contributed by atoms with Crippen LogP contribution < -0.4 is 10.1 Å². The first-order chi connectivity index (χ1) is 8.13. The van der Waals surface area contributed by atoms with Gasteiger partial charge < -0.3 is 10.1 Å². The number of nitrogens with one attached hydrogen (secondary N) is 1. The van der Waals surface area contributed by atoms with E-state index < -0.39 is 0 Å². The summed E-state index contributed by atoms with van der Waals surface area (Å²) in [4.78, 5) is 0. The summed E-state index contributed by atoms with van der Waals surface area (Å²) in [6.45, 7) is 4.28. The lowest BCUT2D eigenvalue weighted by Crippen LogP contribution is -2.32. The predicted molar refractivity (Wildman–Crippen MR) is 69.0 cm³/mol. The van der Waals surface area contributed by atoms with Gasteiger partial charge in [-0.15, -0.1) is 0 Å². The largest absolute Gasteiger partial charge is 0.494 e. The van der Waals surface area contributed by atoms with Crippen molar-refractivity contribution in [2.75, 3.05) is 14.2 Å². The molecule has 0 spiro atoms. The molecule has 0 heterocycles. The lowest BCUT2D eigenvalue weighted by molar-refractivity contribution is 0.367. The molecule has 0 bridgehead atoms. The molecule has 0 amide bonds. The molecule has 0 fully saturated rings. The van der Waals surface area contributed by atoms with Crippen molar-refractivity contribution in [1.82, 2.24) is 5.32 Å². The van der Waals surface area contributed by atoms with Crippen molar-refractivity contribution in [3.63, 3.8) is 0 Å². The van der Waals surface area contributed by atoms with Gasteiger partial charge in [0.15, 0.2) is 11.6 Å². The number of methoxy groups -OCH3 is 1. The van der Waals surface area contributed by atoms with Crippen LogP contribution in [0.15, 0.2) is 18.2 Å². The van der Waals surface area contributed by atoms with Gasteiger partial charge in [-0.25, -0.2) is 4.39 Å². The Kier molecular flexibility index (Phi) is 5.42. The van der Waals surface area contributed by atoms with Gasteiger partial charge in [0.05, 0.1) is 7.11 Å². The molecule has 1 aromatic carbocycles. The van der Waals surface area contributed by atoms with E-state index in [9.17, 15) is 4.39 Å². The van der Waals surface area contributed by atoms with Crippen LogP contribution in [0, 0.1) is 11.7 Å². The molecule has 0 aliphatic carbocycles. The van der Waals surface area contributed by atoms with Crippen LogP contribution in [-0.4, -0.2) is 20.2 Å². The molecule has 0 aliphatic rings. The zero-order chi connectivity index (χ0) is 12.8. The topological polar surface area (TPSA) is 21.3 Å². The zero-order valence-corrected chi connectivity index (χ0v) is 11.1. The summed E-state index contributed by atoms with van der Waals surface area (Å²) in [5.41, 5.74) is 0.727. The van der Waals surface area contributed by atoms with E-state index in [2.05, 4.69) is 19.2 Å². The van der Waals surface area contributed by atoms with Crippen molar-refractivity contribution < 1.29 is 9.13 Å². The highest BCUT2D eigenvalue weighted by molar-refractivity contribution is 5.31. The molecule has 2 nitrogen and oxygen atoms in total. The Morgan fingerprint density at radius 2 is 2.12 bits per heavy atom. The highest BCUT2D eigenvalue weighted by Gasteiger charge is 2.17. The minimum absolute atomic E-state index is 0.229. The number of ether oxygens (including phenoxy) is 1. The Hall–Kier alpha value is -1.09. The van der Waals surface area contributed by atoms with E-state index >= 15 is 0 Å². The summed E-state index contributed by atoms with van der Waals surface area (Å²) in [5, 5.41) is 3.27. The molecule has 0 saturated heterocycles. The SMILES string of the molecule is CCC(NC)C(C)Cc1cccc(OC)c1F. The maximum atomic E-state index is 14.0. The van der Waals surface area contributed by atoms with Crippen molar-refractivity contribution in [2.24, 2.45) is 5.92 Å². The van der Waals surface area contributed by atoms with Gasteiger partial charge in [0.25, 0.3) is 0 Å². The zero-order valence-electron chi connectivity index (χ0n) is 11.1. The third kappa shape index (κ3) is 3.43. The highest BCUT2D eigenvalue weighted by atomic mass is 19.1. The summed E-state index contributed by atoms with van der Waals surface area (Å²) < 4.78 is 18.9. The minimum atomic E-state index is -0.229. The lowest BCUT2D eigenvalue weighted by Gasteiger charge is -2.22. The molecule has 17 heavy (non-hydrogen) atoms. The Morgan fingerprint density at radius 1 is 1.41 bits per heavy atom. The van der Waals surface area contributed by atoms with Gasteiger partial charge in [-0.05, 0) is 37.4 Å². The quantitative estimate of drug-likeness (QED) is 0.824. The summed E-state index contributed by atoms with van der Waals surface area (Å²) in [5.74, 6) is 0.492. The summed E-state index contributed by atoms with van der Waals surface area (Å²) >= 11 is 0. The molecule has 2 atom stereocenters.